The normalized spacial score (nSPS) is 18.8. The molecule has 0 bridgehead atoms. The largest absolute Gasteiger partial charge is 0.419 e. The highest BCUT2D eigenvalue weighted by molar-refractivity contribution is 5.45. The van der Waals surface area contributed by atoms with Crippen LogP contribution in [-0.4, -0.2) is 37.5 Å². The summed E-state index contributed by atoms with van der Waals surface area (Å²) in [6.07, 6.45) is -1.80. The summed E-state index contributed by atoms with van der Waals surface area (Å²) < 4.78 is 49.3. The molecule has 1 aromatic rings. The van der Waals surface area contributed by atoms with Gasteiger partial charge in [-0.2, -0.15) is 13.2 Å². The maximum absolute atomic E-state index is 12.9. The lowest BCUT2D eigenvalue weighted by molar-refractivity contribution is -0.137. The lowest BCUT2D eigenvalue weighted by Crippen LogP contribution is -2.44. The lowest BCUT2D eigenvalue weighted by Gasteiger charge is -2.36. The van der Waals surface area contributed by atoms with E-state index in [0.717, 1.165) is 6.07 Å². The Morgan fingerprint density at radius 3 is 2.70 bits per heavy atom. The third kappa shape index (κ3) is 3.40. The number of pyridine rings is 1. The van der Waals surface area contributed by atoms with Crippen molar-refractivity contribution < 1.29 is 22.6 Å². The third-order valence-electron chi connectivity index (χ3n) is 3.53. The van der Waals surface area contributed by atoms with Gasteiger partial charge in [-0.1, -0.05) is 0 Å². The number of methoxy groups -OCH3 is 1. The molecule has 0 aliphatic carbocycles. The third-order valence-corrected chi connectivity index (χ3v) is 3.53. The number of aromatic nitrogens is 1. The number of nitrogens with zero attached hydrogens (tertiary/aromatic N) is 1. The predicted octanol–water partition coefficient (Wildman–Crippen LogP) is 2.71. The van der Waals surface area contributed by atoms with E-state index in [4.69, 9.17) is 9.47 Å². The number of halogens is 3. The van der Waals surface area contributed by atoms with Gasteiger partial charge in [0.15, 0.2) is 0 Å². The van der Waals surface area contributed by atoms with Crippen LogP contribution in [0.3, 0.4) is 0 Å². The molecule has 20 heavy (non-hydrogen) atoms. The van der Waals surface area contributed by atoms with Crippen molar-refractivity contribution in [2.24, 2.45) is 0 Å². The van der Waals surface area contributed by atoms with Crippen LogP contribution in [-0.2, 0) is 15.7 Å². The van der Waals surface area contributed by atoms with Crippen LogP contribution in [0.25, 0.3) is 0 Å². The van der Waals surface area contributed by atoms with E-state index in [2.05, 4.69) is 10.3 Å². The van der Waals surface area contributed by atoms with Crippen LogP contribution < -0.4 is 5.32 Å². The molecule has 1 saturated heterocycles. The molecule has 0 unspecified atom stereocenters. The van der Waals surface area contributed by atoms with Crippen molar-refractivity contribution in [1.29, 1.82) is 0 Å². The molecule has 4 nitrogen and oxygen atoms in total. The smallest absolute Gasteiger partial charge is 0.381 e. The van der Waals surface area contributed by atoms with Gasteiger partial charge in [-0.15, -0.1) is 0 Å². The van der Waals surface area contributed by atoms with Crippen LogP contribution in [0, 0.1) is 0 Å². The van der Waals surface area contributed by atoms with Crippen LogP contribution in [0.15, 0.2) is 18.3 Å². The molecule has 2 rings (SSSR count). The van der Waals surface area contributed by atoms with Crippen molar-refractivity contribution in [2.45, 2.75) is 24.6 Å². The quantitative estimate of drug-likeness (QED) is 0.926. The number of hydrogen-bond acceptors (Lipinski definition) is 4. The predicted molar refractivity (Wildman–Crippen MR) is 67.5 cm³/mol. The standard InChI is InChI=1S/C13H17F3N2O2/c1-19-12(4-7-20-8-5-12)9-18-11-10(13(14,15)16)3-2-6-17-11/h2-3,6H,4-5,7-9H2,1H3,(H,17,18). The van der Waals surface area contributed by atoms with Gasteiger partial charge in [-0.05, 0) is 12.1 Å². The second-order valence-corrected chi connectivity index (χ2v) is 4.75. The molecule has 1 aliphatic rings. The summed E-state index contributed by atoms with van der Waals surface area (Å²) >= 11 is 0. The lowest BCUT2D eigenvalue weighted by atomic mass is 9.94. The highest BCUT2D eigenvalue weighted by Gasteiger charge is 2.36. The van der Waals surface area contributed by atoms with E-state index in [1.165, 1.54) is 12.3 Å². The molecule has 112 valence electrons. The van der Waals surface area contributed by atoms with Gasteiger partial charge in [0.25, 0.3) is 0 Å². The number of hydrogen-bond donors (Lipinski definition) is 1. The summed E-state index contributed by atoms with van der Waals surface area (Å²) in [4.78, 5) is 3.78. The summed E-state index contributed by atoms with van der Waals surface area (Å²) in [6.45, 7) is 1.36. The maximum atomic E-state index is 12.9. The van der Waals surface area contributed by atoms with Crippen molar-refractivity contribution in [3.8, 4) is 0 Å². The second kappa shape index (κ2) is 5.97. The summed E-state index contributed by atoms with van der Waals surface area (Å²) in [5.41, 5.74) is -1.27. The topological polar surface area (TPSA) is 43.4 Å². The molecule has 0 radical (unpaired) electrons. The molecule has 7 heteroatoms. The Hall–Kier alpha value is -1.34. The fourth-order valence-corrected chi connectivity index (χ4v) is 2.22. The number of nitrogens with one attached hydrogen (secondary N) is 1. The summed E-state index contributed by atoms with van der Waals surface area (Å²) in [5.74, 6) is -0.164. The van der Waals surface area contributed by atoms with Crippen LogP contribution >= 0.6 is 0 Å². The first kappa shape index (κ1) is 15.1. The summed E-state index contributed by atoms with van der Waals surface area (Å²) in [5, 5.41) is 2.77. The minimum Gasteiger partial charge on any atom is -0.381 e. The minimum atomic E-state index is -4.42. The number of anilines is 1. The molecule has 0 atom stereocenters. The first-order valence-corrected chi connectivity index (χ1v) is 6.36. The molecule has 2 heterocycles. The van der Waals surface area contributed by atoms with E-state index < -0.39 is 17.3 Å². The fourth-order valence-electron chi connectivity index (χ4n) is 2.22. The first-order valence-electron chi connectivity index (χ1n) is 6.36. The fraction of sp³-hybridized carbons (Fsp3) is 0.615. The van der Waals surface area contributed by atoms with Crippen molar-refractivity contribution in [1.82, 2.24) is 4.98 Å². The number of rotatable bonds is 4. The van der Waals surface area contributed by atoms with Crippen molar-refractivity contribution in [3.05, 3.63) is 23.9 Å². The monoisotopic (exact) mass is 290 g/mol. The molecule has 0 aromatic carbocycles. The Morgan fingerprint density at radius 2 is 2.10 bits per heavy atom. The van der Waals surface area contributed by atoms with E-state index in [0.29, 0.717) is 26.1 Å². The zero-order valence-corrected chi connectivity index (χ0v) is 11.2. The molecule has 0 saturated carbocycles. The van der Waals surface area contributed by atoms with Gasteiger partial charge >= 0.3 is 6.18 Å². The van der Waals surface area contributed by atoms with E-state index in [9.17, 15) is 13.2 Å². The molecular formula is C13H17F3N2O2. The molecule has 0 amide bonds. The first-order chi connectivity index (χ1) is 9.47. The van der Waals surface area contributed by atoms with E-state index in [-0.39, 0.29) is 12.4 Å². The zero-order valence-electron chi connectivity index (χ0n) is 11.2. The van der Waals surface area contributed by atoms with E-state index in [1.54, 1.807) is 7.11 Å². The van der Waals surface area contributed by atoms with Gasteiger partial charge in [0.05, 0.1) is 11.2 Å². The SMILES string of the molecule is COC1(CNc2ncccc2C(F)(F)F)CCOCC1. The van der Waals surface area contributed by atoms with Crippen LogP contribution in [0.4, 0.5) is 19.0 Å². The Balaban J connectivity index is 2.10. The Labute approximate surface area is 115 Å². The van der Waals surface area contributed by atoms with Gasteiger partial charge < -0.3 is 14.8 Å². The van der Waals surface area contributed by atoms with E-state index >= 15 is 0 Å². The van der Waals surface area contributed by atoms with Crippen molar-refractivity contribution >= 4 is 5.82 Å². The Morgan fingerprint density at radius 1 is 1.40 bits per heavy atom. The highest BCUT2D eigenvalue weighted by atomic mass is 19.4. The average Bonchev–Trinajstić information content (AvgIpc) is 2.45. The van der Waals surface area contributed by atoms with Gasteiger partial charge in [0.1, 0.15) is 5.82 Å². The maximum Gasteiger partial charge on any atom is 0.419 e. The van der Waals surface area contributed by atoms with Gasteiger partial charge in [-0.25, -0.2) is 4.98 Å². The van der Waals surface area contributed by atoms with Crippen molar-refractivity contribution in [3.63, 3.8) is 0 Å². The number of alkyl halides is 3. The molecule has 0 spiro atoms. The van der Waals surface area contributed by atoms with Crippen LogP contribution in [0.1, 0.15) is 18.4 Å². The molecule has 1 N–H and O–H groups in total. The number of ether oxygens (including phenoxy) is 2. The molecule has 1 aliphatic heterocycles. The van der Waals surface area contributed by atoms with Gasteiger partial charge in [0, 0.05) is 45.9 Å². The Bertz CT molecular complexity index is 445. The van der Waals surface area contributed by atoms with Crippen LogP contribution in [0.5, 0.6) is 0 Å². The minimum absolute atomic E-state index is 0.164. The van der Waals surface area contributed by atoms with Crippen molar-refractivity contribution in [2.75, 3.05) is 32.2 Å². The van der Waals surface area contributed by atoms with Crippen LogP contribution in [0.2, 0.25) is 0 Å². The molecular weight excluding hydrogens is 273 g/mol. The highest BCUT2D eigenvalue weighted by Crippen LogP contribution is 2.34. The van der Waals surface area contributed by atoms with Gasteiger partial charge in [-0.3, -0.25) is 0 Å². The molecule has 1 fully saturated rings. The van der Waals surface area contributed by atoms with E-state index in [1.807, 2.05) is 0 Å². The second-order valence-electron chi connectivity index (χ2n) is 4.75. The average molecular weight is 290 g/mol. The zero-order chi connectivity index (χ0) is 14.6. The molecule has 1 aromatic heterocycles. The van der Waals surface area contributed by atoms with Gasteiger partial charge in [0.2, 0.25) is 0 Å². The Kier molecular flexibility index (Phi) is 4.49. The summed E-state index contributed by atoms with van der Waals surface area (Å²) in [6, 6.07) is 2.29. The summed E-state index contributed by atoms with van der Waals surface area (Å²) in [7, 11) is 1.57.